The number of carbonyl (C=O) groups is 1. The van der Waals surface area contributed by atoms with Crippen molar-refractivity contribution in [1.29, 1.82) is 0 Å². The van der Waals surface area contributed by atoms with Crippen molar-refractivity contribution in [3.63, 3.8) is 0 Å². The molecule has 0 spiro atoms. The summed E-state index contributed by atoms with van der Waals surface area (Å²) in [5, 5.41) is 2.15. The summed E-state index contributed by atoms with van der Waals surface area (Å²) in [6, 6.07) is 9.25. The van der Waals surface area contributed by atoms with Crippen molar-refractivity contribution in [1.82, 2.24) is 5.32 Å². The fraction of sp³-hybridized carbons (Fsp3) is 0.188. The van der Waals surface area contributed by atoms with Gasteiger partial charge in [-0.15, -0.1) is 0 Å². The fourth-order valence-corrected chi connectivity index (χ4v) is 2.03. The largest absolute Gasteiger partial charge is 0.352 e. The maximum atomic E-state index is 13.4. The standard InChI is InChI=1S/C16H12F5NO/c17-11-10(12(18)14(20)15(21)13(11)19)16(23)22-8-4-7-9-5-2-1-3-6-9/h1-3,5-6H,4,7-8H2,(H,22,23). The molecular weight excluding hydrogens is 317 g/mol. The Morgan fingerprint density at radius 2 is 1.35 bits per heavy atom. The van der Waals surface area contributed by atoms with E-state index in [1.54, 1.807) is 0 Å². The lowest BCUT2D eigenvalue weighted by molar-refractivity contribution is 0.0941. The Morgan fingerprint density at radius 3 is 1.91 bits per heavy atom. The summed E-state index contributed by atoms with van der Waals surface area (Å²) in [7, 11) is 0. The predicted octanol–water partition coefficient (Wildman–Crippen LogP) is 3.74. The van der Waals surface area contributed by atoms with Crippen LogP contribution in [0.15, 0.2) is 30.3 Å². The SMILES string of the molecule is O=C(NCCCc1ccccc1)c1c(F)c(F)c(F)c(F)c1F. The molecule has 0 atom stereocenters. The van der Waals surface area contributed by atoms with Gasteiger partial charge in [-0.05, 0) is 18.4 Å². The molecule has 0 bridgehead atoms. The summed E-state index contributed by atoms with van der Waals surface area (Å²) >= 11 is 0. The number of amides is 1. The number of hydrogen-bond acceptors (Lipinski definition) is 1. The topological polar surface area (TPSA) is 29.1 Å². The minimum atomic E-state index is -2.29. The van der Waals surface area contributed by atoms with E-state index in [2.05, 4.69) is 5.32 Å². The molecule has 0 aliphatic rings. The monoisotopic (exact) mass is 329 g/mol. The Hall–Kier alpha value is -2.44. The molecule has 1 N–H and O–H groups in total. The van der Waals surface area contributed by atoms with Crippen LogP contribution in [0.1, 0.15) is 22.3 Å². The normalized spacial score (nSPS) is 10.7. The average Bonchev–Trinajstić information content (AvgIpc) is 2.56. The maximum absolute atomic E-state index is 13.4. The summed E-state index contributed by atoms with van der Waals surface area (Å²) in [5.41, 5.74) is -0.473. The molecule has 7 heteroatoms. The Labute approximate surface area is 128 Å². The zero-order valence-electron chi connectivity index (χ0n) is 11.8. The number of carbonyl (C=O) groups excluding carboxylic acids is 1. The van der Waals surface area contributed by atoms with Gasteiger partial charge >= 0.3 is 0 Å². The van der Waals surface area contributed by atoms with E-state index in [9.17, 15) is 26.7 Å². The van der Waals surface area contributed by atoms with E-state index in [-0.39, 0.29) is 6.54 Å². The summed E-state index contributed by atoms with van der Waals surface area (Å²) in [4.78, 5) is 11.7. The first-order chi connectivity index (χ1) is 10.9. The van der Waals surface area contributed by atoms with Crippen molar-refractivity contribution in [3.8, 4) is 0 Å². The molecule has 2 nitrogen and oxygen atoms in total. The number of hydrogen-bond donors (Lipinski definition) is 1. The molecule has 1 amide bonds. The van der Waals surface area contributed by atoms with Crippen LogP contribution in [-0.2, 0) is 6.42 Å². The highest BCUT2D eigenvalue weighted by Crippen LogP contribution is 2.22. The van der Waals surface area contributed by atoms with Crippen LogP contribution in [0.3, 0.4) is 0 Å². The highest BCUT2D eigenvalue weighted by molar-refractivity contribution is 5.94. The summed E-state index contributed by atoms with van der Waals surface area (Å²) in [5.74, 6) is -12.2. The first kappa shape index (κ1) is 16.9. The van der Waals surface area contributed by atoms with E-state index >= 15 is 0 Å². The Bertz CT molecular complexity index is 689. The van der Waals surface area contributed by atoms with Crippen molar-refractivity contribution < 1.29 is 26.7 Å². The molecule has 0 saturated carbocycles. The Morgan fingerprint density at radius 1 is 0.826 bits per heavy atom. The van der Waals surface area contributed by atoms with Gasteiger partial charge in [0.15, 0.2) is 23.3 Å². The lowest BCUT2D eigenvalue weighted by Gasteiger charge is -2.09. The minimum Gasteiger partial charge on any atom is -0.352 e. The van der Waals surface area contributed by atoms with Gasteiger partial charge in [-0.1, -0.05) is 30.3 Å². The second-order valence-corrected chi connectivity index (χ2v) is 4.79. The third-order valence-electron chi connectivity index (χ3n) is 3.21. The number of aryl methyl sites for hydroxylation is 1. The van der Waals surface area contributed by atoms with E-state index in [0.717, 1.165) is 5.56 Å². The average molecular weight is 329 g/mol. The van der Waals surface area contributed by atoms with E-state index < -0.39 is 40.6 Å². The van der Waals surface area contributed by atoms with E-state index in [4.69, 9.17) is 0 Å². The lowest BCUT2D eigenvalue weighted by Crippen LogP contribution is -2.28. The zero-order chi connectivity index (χ0) is 17.0. The molecule has 0 fully saturated rings. The zero-order valence-corrected chi connectivity index (χ0v) is 11.8. The smallest absolute Gasteiger partial charge is 0.257 e. The van der Waals surface area contributed by atoms with Crippen LogP contribution in [0.5, 0.6) is 0 Å². The Balaban J connectivity index is 2.01. The van der Waals surface area contributed by atoms with Gasteiger partial charge in [-0.3, -0.25) is 4.79 Å². The van der Waals surface area contributed by atoms with Crippen LogP contribution < -0.4 is 5.32 Å². The molecule has 0 radical (unpaired) electrons. The van der Waals surface area contributed by atoms with Gasteiger partial charge in [-0.2, -0.15) is 0 Å². The number of benzene rings is 2. The van der Waals surface area contributed by atoms with Crippen LogP contribution in [0.25, 0.3) is 0 Å². The molecule has 0 aliphatic carbocycles. The highest BCUT2D eigenvalue weighted by Gasteiger charge is 2.29. The molecule has 0 aliphatic heterocycles. The van der Waals surface area contributed by atoms with Gasteiger partial charge in [0.1, 0.15) is 5.56 Å². The second-order valence-electron chi connectivity index (χ2n) is 4.79. The third-order valence-corrected chi connectivity index (χ3v) is 3.21. The van der Waals surface area contributed by atoms with E-state index in [1.807, 2.05) is 30.3 Å². The van der Waals surface area contributed by atoms with Crippen LogP contribution in [0.4, 0.5) is 22.0 Å². The van der Waals surface area contributed by atoms with Crippen LogP contribution in [-0.4, -0.2) is 12.5 Å². The fourth-order valence-electron chi connectivity index (χ4n) is 2.03. The van der Waals surface area contributed by atoms with E-state index in [0.29, 0.717) is 12.8 Å². The number of rotatable bonds is 5. The molecule has 23 heavy (non-hydrogen) atoms. The third kappa shape index (κ3) is 3.67. The van der Waals surface area contributed by atoms with Crippen molar-refractivity contribution in [3.05, 3.63) is 70.5 Å². The van der Waals surface area contributed by atoms with E-state index in [1.165, 1.54) is 0 Å². The van der Waals surface area contributed by atoms with Gasteiger partial charge in [0.05, 0.1) is 0 Å². The molecule has 0 unspecified atom stereocenters. The minimum absolute atomic E-state index is 0.0349. The summed E-state index contributed by atoms with van der Waals surface area (Å²) < 4.78 is 65.9. The van der Waals surface area contributed by atoms with Crippen LogP contribution in [0.2, 0.25) is 0 Å². The highest BCUT2D eigenvalue weighted by atomic mass is 19.2. The first-order valence-corrected chi connectivity index (χ1v) is 6.77. The van der Waals surface area contributed by atoms with Gasteiger partial charge in [0, 0.05) is 6.54 Å². The van der Waals surface area contributed by atoms with Crippen LogP contribution >= 0.6 is 0 Å². The quantitative estimate of drug-likeness (QED) is 0.385. The summed E-state index contributed by atoms with van der Waals surface area (Å²) in [6.45, 7) is 0.0349. The van der Waals surface area contributed by atoms with Crippen molar-refractivity contribution >= 4 is 5.91 Å². The van der Waals surface area contributed by atoms with Gasteiger partial charge in [0.25, 0.3) is 5.91 Å². The maximum Gasteiger partial charge on any atom is 0.257 e. The molecule has 0 saturated heterocycles. The molecule has 122 valence electrons. The number of halogens is 5. The number of nitrogens with one attached hydrogen (secondary N) is 1. The molecule has 2 aromatic rings. The van der Waals surface area contributed by atoms with Gasteiger partial charge in [-0.25, -0.2) is 22.0 Å². The Kier molecular flexibility index (Phi) is 5.31. The second kappa shape index (κ2) is 7.21. The van der Waals surface area contributed by atoms with Gasteiger partial charge in [0.2, 0.25) is 5.82 Å². The first-order valence-electron chi connectivity index (χ1n) is 6.77. The molecule has 2 rings (SSSR count). The van der Waals surface area contributed by atoms with Gasteiger partial charge < -0.3 is 5.32 Å². The summed E-state index contributed by atoms with van der Waals surface area (Å²) in [6.07, 6.45) is 1.05. The molecule has 0 aromatic heterocycles. The molecule has 0 heterocycles. The molecular formula is C16H12F5NO. The molecule has 2 aromatic carbocycles. The van der Waals surface area contributed by atoms with Crippen LogP contribution in [0, 0.1) is 29.1 Å². The van der Waals surface area contributed by atoms with Crippen molar-refractivity contribution in [2.45, 2.75) is 12.8 Å². The predicted molar refractivity (Wildman–Crippen MR) is 73.3 cm³/mol. The van der Waals surface area contributed by atoms with Crippen molar-refractivity contribution in [2.75, 3.05) is 6.54 Å². The van der Waals surface area contributed by atoms with Crippen molar-refractivity contribution in [2.24, 2.45) is 0 Å². The lowest BCUT2D eigenvalue weighted by atomic mass is 10.1.